The molecule has 105 heavy (non-hydrogen) atoms. The van der Waals surface area contributed by atoms with Crippen LogP contribution in [0, 0.1) is 0 Å². The molecular formula is C86H157NO18. The average molecular weight is 1490 g/mol. The molecule has 19 heteroatoms. The molecule has 12 N–H and O–H groups in total. The van der Waals surface area contributed by atoms with Crippen LogP contribution in [0.1, 0.15) is 348 Å². The lowest BCUT2D eigenvalue weighted by Gasteiger charge is -2.48. The molecule has 17 atom stereocenters. The van der Waals surface area contributed by atoms with Gasteiger partial charge in [-0.25, -0.2) is 0 Å². The summed E-state index contributed by atoms with van der Waals surface area (Å²) in [4.78, 5) is 13.5. The Morgan fingerprint density at radius 1 is 0.352 bits per heavy atom. The van der Waals surface area contributed by atoms with Crippen molar-refractivity contribution in [1.29, 1.82) is 0 Å². The first-order valence-corrected chi connectivity index (χ1v) is 43.0. The zero-order valence-corrected chi connectivity index (χ0v) is 66.0. The summed E-state index contributed by atoms with van der Waals surface area (Å²) in [6.07, 6.45) is 59.0. The van der Waals surface area contributed by atoms with Gasteiger partial charge in [0.2, 0.25) is 5.91 Å². The fourth-order valence-corrected chi connectivity index (χ4v) is 14.5. The first-order chi connectivity index (χ1) is 51.3. The Balaban J connectivity index is 1.28. The highest BCUT2D eigenvalue weighted by Crippen LogP contribution is 2.33. The van der Waals surface area contributed by atoms with E-state index in [1.807, 2.05) is 0 Å². The van der Waals surface area contributed by atoms with Crippen molar-refractivity contribution in [2.24, 2.45) is 0 Å². The summed E-state index contributed by atoms with van der Waals surface area (Å²) in [5.41, 5.74) is 0. The van der Waals surface area contributed by atoms with Gasteiger partial charge in [0.05, 0.1) is 38.6 Å². The highest BCUT2D eigenvalue weighted by atomic mass is 16.8. The van der Waals surface area contributed by atoms with Gasteiger partial charge in [0.1, 0.15) is 73.2 Å². The fourth-order valence-electron chi connectivity index (χ4n) is 14.5. The Morgan fingerprint density at radius 3 is 1.03 bits per heavy atom. The first-order valence-electron chi connectivity index (χ1n) is 43.0. The smallest absolute Gasteiger partial charge is 0.220 e. The number of rotatable bonds is 69. The summed E-state index contributed by atoms with van der Waals surface area (Å²) in [5, 5.41) is 121. The second kappa shape index (κ2) is 66.1. The van der Waals surface area contributed by atoms with Gasteiger partial charge >= 0.3 is 0 Å². The van der Waals surface area contributed by atoms with E-state index in [2.05, 4.69) is 79.9 Å². The van der Waals surface area contributed by atoms with Crippen LogP contribution in [0.5, 0.6) is 0 Å². The van der Waals surface area contributed by atoms with Crippen LogP contribution in [-0.2, 0) is 33.2 Å². The molecule has 0 radical (unpaired) electrons. The van der Waals surface area contributed by atoms with Crippen LogP contribution in [0.3, 0.4) is 0 Å². The summed E-state index contributed by atoms with van der Waals surface area (Å²) in [5.74, 6) is -0.236. The molecule has 1 amide bonds. The molecule has 3 aliphatic rings. The molecule has 0 aliphatic carbocycles. The zero-order valence-electron chi connectivity index (χ0n) is 66.0. The summed E-state index contributed by atoms with van der Waals surface area (Å²) < 4.78 is 34.5. The van der Waals surface area contributed by atoms with Gasteiger partial charge in [0.25, 0.3) is 0 Å². The van der Waals surface area contributed by atoms with Crippen molar-refractivity contribution in [2.45, 2.75) is 452 Å². The standard InChI is InChI=1S/C86H157NO18/c1-3-5-7-9-11-13-15-17-19-21-23-24-25-26-27-28-29-30-31-32-33-34-35-36-37-38-39-40-41-42-43-44-46-48-50-52-54-56-58-60-62-64-74(92)87-69(70(91)63-61-59-57-55-53-51-49-47-45-22-20-18-16-14-12-10-8-6-4-2)68-100-84-80(98)77(95)82(72(66-89)102-84)105-86-81(99)78(96)83(73(67-90)103-86)104-85-79(97)76(94)75(93)71(65-88)101-85/h5,7,11,13,17,19,23-24,26-27,69-73,75-86,88-91,93-99H,3-4,6,8-10,12,14-16,18,20-22,25,28-68H2,1-2H3,(H,87,92)/b7-5-,13-11-,19-17-,24-23-,27-26-. The first kappa shape index (κ1) is 96.7. The molecule has 17 unspecified atom stereocenters. The second-order valence-electron chi connectivity index (χ2n) is 30.6. The number of hydrogen-bond donors (Lipinski definition) is 12. The summed E-state index contributed by atoms with van der Waals surface area (Å²) in [6, 6.07) is -0.887. The maximum absolute atomic E-state index is 13.5. The molecule has 0 bridgehead atoms. The lowest BCUT2D eigenvalue weighted by molar-refractivity contribution is -0.379. The van der Waals surface area contributed by atoms with Crippen molar-refractivity contribution in [3.63, 3.8) is 0 Å². The molecule has 19 nitrogen and oxygen atoms in total. The minimum atomic E-state index is -1.97. The van der Waals surface area contributed by atoms with Crippen molar-refractivity contribution >= 4 is 5.91 Å². The van der Waals surface area contributed by atoms with Gasteiger partial charge in [-0.3, -0.25) is 4.79 Å². The van der Waals surface area contributed by atoms with Gasteiger partial charge in [-0.05, 0) is 57.8 Å². The van der Waals surface area contributed by atoms with Crippen molar-refractivity contribution in [3.8, 4) is 0 Å². The summed E-state index contributed by atoms with van der Waals surface area (Å²) in [7, 11) is 0. The number of ether oxygens (including phenoxy) is 6. The third-order valence-corrected chi connectivity index (χ3v) is 21.4. The number of allylic oxidation sites excluding steroid dienone is 10. The molecule has 614 valence electrons. The van der Waals surface area contributed by atoms with Crippen molar-refractivity contribution in [2.75, 3.05) is 26.4 Å². The van der Waals surface area contributed by atoms with Crippen LogP contribution < -0.4 is 5.32 Å². The Labute approximate surface area is 636 Å². The van der Waals surface area contributed by atoms with E-state index in [9.17, 15) is 61.0 Å². The van der Waals surface area contributed by atoms with E-state index >= 15 is 0 Å². The monoisotopic (exact) mass is 1490 g/mol. The third kappa shape index (κ3) is 45.6. The highest BCUT2D eigenvalue weighted by molar-refractivity contribution is 5.76. The number of carbonyl (C=O) groups excluding carboxylic acids is 1. The Morgan fingerprint density at radius 2 is 0.657 bits per heavy atom. The molecule has 0 spiro atoms. The van der Waals surface area contributed by atoms with E-state index < -0.39 is 124 Å². The Kier molecular flexibility index (Phi) is 60.9. The van der Waals surface area contributed by atoms with E-state index in [1.54, 1.807) is 0 Å². The number of aliphatic hydroxyl groups excluding tert-OH is 11. The van der Waals surface area contributed by atoms with E-state index in [-0.39, 0.29) is 18.9 Å². The molecule has 3 heterocycles. The number of hydrogen-bond acceptors (Lipinski definition) is 18. The Hall–Kier alpha value is -2.51. The van der Waals surface area contributed by atoms with E-state index in [1.165, 1.54) is 238 Å². The minimum Gasteiger partial charge on any atom is -0.394 e. The van der Waals surface area contributed by atoms with Gasteiger partial charge in [0, 0.05) is 6.42 Å². The van der Waals surface area contributed by atoms with Gasteiger partial charge in [-0.2, -0.15) is 0 Å². The highest BCUT2D eigenvalue weighted by Gasteiger charge is 2.54. The van der Waals surface area contributed by atoms with Crippen LogP contribution in [-0.4, -0.2) is 193 Å². The SMILES string of the molecule is CC/C=C\C/C=C\C/C=C\C/C=C\C/C=C\CCCCCCCCCCCCCCCCCCCCCCCCCCCC(=O)NC(COC1OC(CO)C(OC2OC(CO)C(OC3OC(CO)C(O)C(O)C3O)C(O)C2O)C(O)C1O)C(O)CCCCCCCCCCCCCCCCCCCCC. The van der Waals surface area contributed by atoms with Crippen molar-refractivity contribution < 1.29 is 89.4 Å². The predicted molar refractivity (Wildman–Crippen MR) is 420 cm³/mol. The van der Waals surface area contributed by atoms with Crippen LogP contribution in [0.15, 0.2) is 60.8 Å². The lowest BCUT2D eigenvalue weighted by Crippen LogP contribution is -2.66. The topological polar surface area (TPSA) is 307 Å². The average Bonchev–Trinajstić information content (AvgIpc) is 0.781. The molecule has 0 aromatic heterocycles. The quantitative estimate of drug-likeness (QED) is 0.0199. The number of carbonyl (C=O) groups is 1. The van der Waals surface area contributed by atoms with E-state index in [0.717, 1.165) is 77.0 Å². The normalized spacial score (nSPS) is 26.0. The van der Waals surface area contributed by atoms with E-state index in [4.69, 9.17) is 28.4 Å². The summed E-state index contributed by atoms with van der Waals surface area (Å²) in [6.45, 7) is 1.73. The molecule has 0 aromatic rings. The van der Waals surface area contributed by atoms with Gasteiger partial charge in [-0.1, -0.05) is 344 Å². The van der Waals surface area contributed by atoms with Crippen LogP contribution in [0.25, 0.3) is 0 Å². The van der Waals surface area contributed by atoms with Crippen molar-refractivity contribution in [1.82, 2.24) is 5.32 Å². The second-order valence-corrected chi connectivity index (χ2v) is 30.6. The molecule has 0 aromatic carbocycles. The van der Waals surface area contributed by atoms with Crippen molar-refractivity contribution in [3.05, 3.63) is 60.8 Å². The van der Waals surface area contributed by atoms with Crippen LogP contribution in [0.2, 0.25) is 0 Å². The molecule has 3 aliphatic heterocycles. The summed E-state index contributed by atoms with van der Waals surface area (Å²) >= 11 is 0. The third-order valence-electron chi connectivity index (χ3n) is 21.4. The maximum atomic E-state index is 13.5. The number of nitrogens with one attached hydrogen (secondary N) is 1. The molecule has 3 rings (SSSR count). The fraction of sp³-hybridized carbons (Fsp3) is 0.872. The zero-order chi connectivity index (χ0) is 76.0. The molecule has 0 saturated carbocycles. The molecule has 3 fully saturated rings. The number of amides is 1. The predicted octanol–water partition coefficient (Wildman–Crippen LogP) is 15.4. The van der Waals surface area contributed by atoms with Crippen LogP contribution in [0.4, 0.5) is 0 Å². The molecule has 3 saturated heterocycles. The molecular weight excluding hydrogens is 1330 g/mol. The number of aliphatic hydroxyl groups is 11. The van der Waals surface area contributed by atoms with Gasteiger partial charge in [-0.15, -0.1) is 0 Å². The minimum absolute atomic E-state index is 0.236. The van der Waals surface area contributed by atoms with Gasteiger partial charge < -0.3 is 89.9 Å². The largest absolute Gasteiger partial charge is 0.394 e. The maximum Gasteiger partial charge on any atom is 0.220 e. The number of unbranched alkanes of at least 4 members (excludes halogenated alkanes) is 43. The Bertz CT molecular complexity index is 2130. The van der Waals surface area contributed by atoms with Crippen LogP contribution >= 0.6 is 0 Å². The van der Waals surface area contributed by atoms with Gasteiger partial charge in [0.15, 0.2) is 18.9 Å². The van der Waals surface area contributed by atoms with E-state index in [0.29, 0.717) is 12.8 Å². The lowest BCUT2D eigenvalue weighted by atomic mass is 9.96.